The van der Waals surface area contributed by atoms with E-state index in [1.165, 1.54) is 44.9 Å². The molecule has 0 heterocycles. The Morgan fingerprint density at radius 3 is 1.91 bits per heavy atom. The summed E-state index contributed by atoms with van der Waals surface area (Å²) < 4.78 is 5.87. The topological polar surface area (TPSA) is 66.4 Å². The highest BCUT2D eigenvalue weighted by atomic mass is 16.5. The molecule has 184 valence electrons. The van der Waals surface area contributed by atoms with Gasteiger partial charge in [0.1, 0.15) is 6.54 Å². The molecule has 0 saturated heterocycles. The van der Waals surface area contributed by atoms with Gasteiger partial charge in [-0.1, -0.05) is 75.5 Å². The van der Waals surface area contributed by atoms with Crippen molar-refractivity contribution < 1.29 is 23.9 Å². The third-order valence-corrected chi connectivity index (χ3v) is 4.96. The highest BCUT2D eigenvalue weighted by molar-refractivity contribution is 5.70. The molecule has 0 amide bonds. The quantitative estimate of drug-likeness (QED) is 0.112. The van der Waals surface area contributed by atoms with Crippen molar-refractivity contribution in [1.82, 2.24) is 0 Å². The maximum atomic E-state index is 12.0. The number of unbranched alkanes of at least 4 members (excludes halogenated alkanes) is 7. The van der Waals surface area contributed by atoms with Crippen molar-refractivity contribution in [1.29, 1.82) is 0 Å². The van der Waals surface area contributed by atoms with Crippen LogP contribution in [0.3, 0.4) is 0 Å². The predicted molar refractivity (Wildman–Crippen MR) is 131 cm³/mol. The second-order valence-corrected chi connectivity index (χ2v) is 9.50. The molecule has 0 N–H and O–H groups in total. The molecule has 32 heavy (non-hydrogen) atoms. The molecule has 0 radical (unpaired) electrons. The molecule has 0 aromatic heterocycles. The van der Waals surface area contributed by atoms with E-state index in [-0.39, 0.29) is 12.4 Å². The van der Waals surface area contributed by atoms with Crippen LogP contribution in [0.5, 0.6) is 0 Å². The van der Waals surface area contributed by atoms with Gasteiger partial charge in [-0.25, -0.2) is 0 Å². The first kappa shape index (κ1) is 30.1. The van der Waals surface area contributed by atoms with Gasteiger partial charge in [-0.2, -0.15) is 0 Å². The van der Waals surface area contributed by atoms with E-state index in [0.717, 1.165) is 19.3 Å². The number of esters is 1. The molecule has 0 aromatic carbocycles. The number of quaternary nitrogens is 1. The van der Waals surface area contributed by atoms with E-state index in [9.17, 15) is 14.7 Å². The van der Waals surface area contributed by atoms with E-state index >= 15 is 0 Å². The molecule has 0 spiro atoms. The maximum absolute atomic E-state index is 12.0. The number of aliphatic carboxylic acids is 1. The Labute approximate surface area is 196 Å². The average molecular weight is 450 g/mol. The van der Waals surface area contributed by atoms with E-state index in [2.05, 4.69) is 43.4 Å². The van der Waals surface area contributed by atoms with Gasteiger partial charge < -0.3 is 19.1 Å². The monoisotopic (exact) mass is 449 g/mol. The lowest BCUT2D eigenvalue weighted by Crippen LogP contribution is -2.45. The Balaban J connectivity index is 3.80. The van der Waals surface area contributed by atoms with Gasteiger partial charge >= 0.3 is 5.97 Å². The number of likely N-dealkylation sites (N-methyl/N-ethyl adjacent to an activating group) is 1. The molecule has 0 aliphatic heterocycles. The molecule has 5 nitrogen and oxygen atoms in total. The Morgan fingerprint density at radius 2 is 1.34 bits per heavy atom. The van der Waals surface area contributed by atoms with Crippen LogP contribution in [-0.4, -0.2) is 50.2 Å². The first-order valence-corrected chi connectivity index (χ1v) is 12.4. The van der Waals surface area contributed by atoms with Crippen LogP contribution in [0.2, 0.25) is 0 Å². The molecule has 0 saturated carbocycles. The minimum atomic E-state index is -1.19. The first-order chi connectivity index (χ1) is 15.2. The molecule has 0 aromatic rings. The normalized spacial score (nSPS) is 13.4. The number of allylic oxidation sites excluding steroid dienone is 6. The fourth-order valence-corrected chi connectivity index (χ4v) is 3.37. The summed E-state index contributed by atoms with van der Waals surface area (Å²) in [6, 6.07) is 0. The van der Waals surface area contributed by atoms with Crippen molar-refractivity contribution in [3.63, 3.8) is 0 Å². The van der Waals surface area contributed by atoms with Crippen molar-refractivity contribution >= 4 is 11.9 Å². The van der Waals surface area contributed by atoms with Crippen molar-refractivity contribution in [3.8, 4) is 0 Å². The SMILES string of the molecule is CCCCCCCC/C=C/C/C=C/C/C=C/CCCC(=O)OC(CC(=O)[O-])C[N+](C)(C)C. The van der Waals surface area contributed by atoms with Gasteiger partial charge in [-0.05, 0) is 38.5 Å². The Kier molecular flexibility index (Phi) is 18.6. The zero-order valence-electron chi connectivity index (χ0n) is 21.0. The molecular formula is C27H47NO4. The third kappa shape index (κ3) is 22.8. The fourth-order valence-electron chi connectivity index (χ4n) is 3.37. The summed E-state index contributed by atoms with van der Waals surface area (Å²) in [4.78, 5) is 22.9. The highest BCUT2D eigenvalue weighted by Crippen LogP contribution is 2.09. The summed E-state index contributed by atoms with van der Waals surface area (Å²) in [5.74, 6) is -1.54. The second kappa shape index (κ2) is 19.8. The van der Waals surface area contributed by atoms with Crippen LogP contribution in [-0.2, 0) is 14.3 Å². The van der Waals surface area contributed by atoms with Crippen LogP contribution < -0.4 is 5.11 Å². The molecule has 1 unspecified atom stereocenters. The molecule has 0 bridgehead atoms. The van der Waals surface area contributed by atoms with E-state index < -0.39 is 12.1 Å². The van der Waals surface area contributed by atoms with Gasteiger partial charge in [0.25, 0.3) is 0 Å². The summed E-state index contributed by atoms with van der Waals surface area (Å²) in [7, 11) is 5.80. The molecular weight excluding hydrogens is 402 g/mol. The predicted octanol–water partition coefficient (Wildman–Crippen LogP) is 5.11. The van der Waals surface area contributed by atoms with E-state index in [4.69, 9.17) is 4.74 Å². The summed E-state index contributed by atoms with van der Waals surface area (Å²) in [5.41, 5.74) is 0. The molecule has 5 heteroatoms. The van der Waals surface area contributed by atoms with Gasteiger partial charge in [0.2, 0.25) is 0 Å². The fraction of sp³-hybridized carbons (Fsp3) is 0.704. The second-order valence-electron chi connectivity index (χ2n) is 9.50. The smallest absolute Gasteiger partial charge is 0.306 e. The summed E-state index contributed by atoms with van der Waals surface area (Å²) in [6.07, 6.45) is 25.1. The molecule has 0 rings (SSSR count). The average Bonchev–Trinajstić information content (AvgIpc) is 2.68. The summed E-state index contributed by atoms with van der Waals surface area (Å²) in [6.45, 7) is 2.69. The van der Waals surface area contributed by atoms with Gasteiger partial charge in [-0.15, -0.1) is 0 Å². The first-order valence-electron chi connectivity index (χ1n) is 12.4. The number of carbonyl (C=O) groups is 2. The van der Waals surface area contributed by atoms with E-state index in [0.29, 0.717) is 23.9 Å². The standard InChI is InChI=1S/C27H47NO4/c1-5-6-7-8-9-10-11-12-13-14-15-16-17-18-19-20-21-22-27(31)32-25(23-26(29)30)24-28(2,3)4/h12-13,15-16,18-19,25H,5-11,14,17,20-24H2,1-4H3/b13-12+,16-15+,19-18+. The number of ether oxygens (including phenoxy) is 1. The zero-order valence-corrected chi connectivity index (χ0v) is 21.0. The van der Waals surface area contributed by atoms with E-state index in [1.807, 2.05) is 21.1 Å². The third-order valence-electron chi connectivity index (χ3n) is 4.96. The lowest BCUT2D eigenvalue weighted by Gasteiger charge is -2.29. The Morgan fingerprint density at radius 1 is 0.812 bits per heavy atom. The molecule has 0 fully saturated rings. The van der Waals surface area contributed by atoms with Crippen LogP contribution >= 0.6 is 0 Å². The van der Waals surface area contributed by atoms with Crippen LogP contribution in [0.1, 0.15) is 90.4 Å². The van der Waals surface area contributed by atoms with Gasteiger partial charge in [0.15, 0.2) is 6.10 Å². The van der Waals surface area contributed by atoms with Crippen molar-refractivity contribution in [3.05, 3.63) is 36.5 Å². The summed E-state index contributed by atoms with van der Waals surface area (Å²) >= 11 is 0. The van der Waals surface area contributed by atoms with Crippen molar-refractivity contribution in [2.75, 3.05) is 27.7 Å². The van der Waals surface area contributed by atoms with E-state index in [1.54, 1.807) is 0 Å². The number of hydrogen-bond acceptors (Lipinski definition) is 4. The summed E-state index contributed by atoms with van der Waals surface area (Å²) in [5, 5.41) is 10.9. The minimum absolute atomic E-state index is 0.262. The van der Waals surface area contributed by atoms with Gasteiger partial charge in [0.05, 0.1) is 21.1 Å². The maximum Gasteiger partial charge on any atom is 0.306 e. The van der Waals surface area contributed by atoms with Crippen molar-refractivity contribution in [2.45, 2.75) is 96.5 Å². The van der Waals surface area contributed by atoms with Crippen LogP contribution in [0, 0.1) is 0 Å². The minimum Gasteiger partial charge on any atom is -0.550 e. The molecule has 1 atom stereocenters. The Bertz CT molecular complexity index is 573. The number of hydrogen-bond donors (Lipinski definition) is 0. The number of carboxylic acids is 1. The highest BCUT2D eigenvalue weighted by Gasteiger charge is 2.22. The van der Waals surface area contributed by atoms with Crippen LogP contribution in [0.15, 0.2) is 36.5 Å². The van der Waals surface area contributed by atoms with Crippen LogP contribution in [0.4, 0.5) is 0 Å². The number of rotatable bonds is 20. The number of carboxylic acid groups (broad SMARTS) is 1. The lowest BCUT2D eigenvalue weighted by molar-refractivity contribution is -0.873. The number of carbonyl (C=O) groups excluding carboxylic acids is 2. The number of nitrogens with zero attached hydrogens (tertiary/aromatic N) is 1. The lowest BCUT2D eigenvalue weighted by atomic mass is 10.1. The van der Waals surface area contributed by atoms with Crippen LogP contribution in [0.25, 0.3) is 0 Å². The van der Waals surface area contributed by atoms with Crippen molar-refractivity contribution in [2.24, 2.45) is 0 Å². The zero-order chi connectivity index (χ0) is 24.1. The van der Waals surface area contributed by atoms with Gasteiger partial charge in [-0.3, -0.25) is 4.79 Å². The largest absolute Gasteiger partial charge is 0.550 e. The molecule has 0 aliphatic carbocycles. The molecule has 0 aliphatic rings. The Hall–Kier alpha value is -1.88. The van der Waals surface area contributed by atoms with Gasteiger partial charge in [0, 0.05) is 18.8 Å².